The molecule has 0 aliphatic heterocycles. The van der Waals surface area contributed by atoms with Gasteiger partial charge in [-0.3, -0.25) is 4.79 Å². The Morgan fingerprint density at radius 2 is 2.17 bits per heavy atom. The van der Waals surface area contributed by atoms with Gasteiger partial charge in [-0.05, 0) is 36.8 Å². The Morgan fingerprint density at radius 3 is 2.67 bits per heavy atom. The van der Waals surface area contributed by atoms with E-state index >= 15 is 0 Å². The molecule has 1 aromatic carbocycles. The van der Waals surface area contributed by atoms with Crippen molar-refractivity contribution in [2.75, 3.05) is 13.7 Å². The molecule has 98 valence electrons. The number of carbonyl (C=O) groups is 1. The van der Waals surface area contributed by atoms with Crippen LogP contribution >= 0.6 is 0 Å². The smallest absolute Gasteiger partial charge is 0.313 e. The van der Waals surface area contributed by atoms with E-state index in [-0.39, 0.29) is 24.2 Å². The van der Waals surface area contributed by atoms with Gasteiger partial charge in [0.2, 0.25) is 0 Å². The highest BCUT2D eigenvalue weighted by atomic mass is 19.1. The molecule has 4 heteroatoms. The van der Waals surface area contributed by atoms with Gasteiger partial charge in [-0.25, -0.2) is 4.39 Å². The molecule has 2 N–H and O–H groups in total. The fourth-order valence-electron chi connectivity index (χ4n) is 2.53. The van der Waals surface area contributed by atoms with Gasteiger partial charge in [0, 0.05) is 6.54 Å². The van der Waals surface area contributed by atoms with Crippen LogP contribution < -0.4 is 5.73 Å². The number of nitrogens with two attached hydrogens (primary N) is 1. The maximum Gasteiger partial charge on any atom is 0.313 e. The van der Waals surface area contributed by atoms with Gasteiger partial charge in [-0.15, -0.1) is 0 Å². The van der Waals surface area contributed by atoms with Crippen LogP contribution in [-0.4, -0.2) is 19.6 Å². The van der Waals surface area contributed by atoms with Crippen LogP contribution in [0.4, 0.5) is 4.39 Å². The van der Waals surface area contributed by atoms with Crippen LogP contribution in [0.5, 0.6) is 0 Å². The number of halogens is 1. The number of rotatable bonds is 5. The predicted octanol–water partition coefficient (Wildman–Crippen LogP) is 1.90. The third-order valence-corrected chi connectivity index (χ3v) is 3.78. The summed E-state index contributed by atoms with van der Waals surface area (Å²) in [6.07, 6.45) is 2.23. The van der Waals surface area contributed by atoms with Gasteiger partial charge in [-0.2, -0.15) is 0 Å². The number of hydrogen-bond donors (Lipinski definition) is 1. The molecule has 1 aliphatic rings. The van der Waals surface area contributed by atoms with Gasteiger partial charge >= 0.3 is 5.97 Å². The third kappa shape index (κ3) is 2.25. The zero-order valence-electron chi connectivity index (χ0n) is 10.5. The van der Waals surface area contributed by atoms with Crippen molar-refractivity contribution >= 4 is 5.97 Å². The minimum absolute atomic E-state index is 0.193. The summed E-state index contributed by atoms with van der Waals surface area (Å²) in [5.74, 6) is -0.398. The molecule has 1 unspecified atom stereocenters. The highest BCUT2D eigenvalue weighted by Gasteiger charge is 2.51. The molecule has 1 atom stereocenters. The first kappa shape index (κ1) is 13.0. The molecule has 0 radical (unpaired) electrons. The first-order valence-electron chi connectivity index (χ1n) is 6.16. The van der Waals surface area contributed by atoms with Crippen molar-refractivity contribution in [3.8, 4) is 0 Å². The van der Waals surface area contributed by atoms with Crippen LogP contribution in [0.2, 0.25) is 0 Å². The number of esters is 1. The third-order valence-electron chi connectivity index (χ3n) is 3.78. The standard InChI is InChI=1S/C14H18FNO2/c1-18-13(17)14(9-16,11-6-7-11)8-10-4-2-3-5-12(10)15/h2-5,11H,6-9,16H2,1H3. The number of carbonyl (C=O) groups excluding carboxylic acids is 1. The Bertz CT molecular complexity index is 445. The quantitative estimate of drug-likeness (QED) is 0.813. The Kier molecular flexibility index (Phi) is 3.66. The first-order valence-corrected chi connectivity index (χ1v) is 6.16. The van der Waals surface area contributed by atoms with E-state index in [4.69, 9.17) is 10.5 Å². The van der Waals surface area contributed by atoms with Crippen molar-refractivity contribution in [2.45, 2.75) is 19.3 Å². The van der Waals surface area contributed by atoms with Crippen LogP contribution in [0.25, 0.3) is 0 Å². The Hall–Kier alpha value is -1.42. The molecule has 3 nitrogen and oxygen atoms in total. The molecule has 1 aliphatic carbocycles. The summed E-state index contributed by atoms with van der Waals surface area (Å²) in [6, 6.07) is 6.51. The SMILES string of the molecule is COC(=O)C(CN)(Cc1ccccc1F)C1CC1. The molecule has 0 saturated heterocycles. The Labute approximate surface area is 106 Å². The summed E-state index contributed by atoms with van der Waals surface area (Å²) >= 11 is 0. The largest absolute Gasteiger partial charge is 0.469 e. The average Bonchev–Trinajstić information content (AvgIpc) is 3.22. The first-order chi connectivity index (χ1) is 8.64. The van der Waals surface area contributed by atoms with Gasteiger partial charge in [0.25, 0.3) is 0 Å². The minimum Gasteiger partial charge on any atom is -0.469 e. The van der Waals surface area contributed by atoms with Crippen molar-refractivity contribution in [3.63, 3.8) is 0 Å². The second-order valence-corrected chi connectivity index (χ2v) is 4.89. The monoisotopic (exact) mass is 251 g/mol. The van der Waals surface area contributed by atoms with Gasteiger partial charge in [0.15, 0.2) is 0 Å². The molecular weight excluding hydrogens is 233 g/mol. The Balaban J connectivity index is 2.30. The maximum atomic E-state index is 13.7. The lowest BCUT2D eigenvalue weighted by molar-refractivity contribution is -0.153. The van der Waals surface area contributed by atoms with Crippen molar-refractivity contribution < 1.29 is 13.9 Å². The zero-order valence-corrected chi connectivity index (χ0v) is 10.5. The molecule has 0 spiro atoms. The van der Waals surface area contributed by atoms with E-state index in [0.29, 0.717) is 12.0 Å². The van der Waals surface area contributed by atoms with Gasteiger partial charge in [-0.1, -0.05) is 18.2 Å². The van der Waals surface area contributed by atoms with Crippen LogP contribution in [0.1, 0.15) is 18.4 Å². The van der Waals surface area contributed by atoms with Crippen molar-refractivity contribution in [2.24, 2.45) is 17.1 Å². The fourth-order valence-corrected chi connectivity index (χ4v) is 2.53. The molecule has 1 saturated carbocycles. The summed E-state index contributed by atoms with van der Waals surface area (Å²) in [5.41, 5.74) is 5.56. The highest BCUT2D eigenvalue weighted by Crippen LogP contribution is 2.48. The maximum absolute atomic E-state index is 13.7. The van der Waals surface area contributed by atoms with E-state index in [2.05, 4.69) is 0 Å². The molecule has 1 aromatic rings. The van der Waals surface area contributed by atoms with Gasteiger partial charge in [0.1, 0.15) is 5.82 Å². The molecular formula is C14H18FNO2. The summed E-state index contributed by atoms with van der Waals surface area (Å²) < 4.78 is 18.6. The zero-order chi connectivity index (χ0) is 13.2. The normalized spacial score (nSPS) is 18.2. The lowest BCUT2D eigenvalue weighted by Crippen LogP contribution is -2.43. The van der Waals surface area contributed by atoms with Crippen molar-refractivity contribution in [1.82, 2.24) is 0 Å². The van der Waals surface area contributed by atoms with Crippen LogP contribution in [0, 0.1) is 17.2 Å². The van der Waals surface area contributed by atoms with E-state index in [9.17, 15) is 9.18 Å². The van der Waals surface area contributed by atoms with Crippen molar-refractivity contribution in [1.29, 1.82) is 0 Å². The number of methoxy groups -OCH3 is 1. The van der Waals surface area contributed by atoms with E-state index in [1.165, 1.54) is 13.2 Å². The minimum atomic E-state index is -0.767. The van der Waals surface area contributed by atoms with E-state index < -0.39 is 5.41 Å². The number of hydrogen-bond acceptors (Lipinski definition) is 3. The van der Waals surface area contributed by atoms with Crippen molar-refractivity contribution in [3.05, 3.63) is 35.6 Å². The molecule has 0 amide bonds. The van der Waals surface area contributed by atoms with Crippen LogP contribution in [-0.2, 0) is 16.0 Å². The fraction of sp³-hybridized carbons (Fsp3) is 0.500. The molecule has 18 heavy (non-hydrogen) atoms. The molecule has 0 aromatic heterocycles. The lowest BCUT2D eigenvalue weighted by Gasteiger charge is -2.29. The second-order valence-electron chi connectivity index (χ2n) is 4.89. The summed E-state index contributed by atoms with van der Waals surface area (Å²) in [6.45, 7) is 0.193. The second kappa shape index (κ2) is 5.06. The summed E-state index contributed by atoms with van der Waals surface area (Å²) in [4.78, 5) is 12.0. The summed E-state index contributed by atoms with van der Waals surface area (Å²) in [7, 11) is 1.36. The van der Waals surface area contributed by atoms with E-state index in [1.54, 1.807) is 18.2 Å². The van der Waals surface area contributed by atoms with Gasteiger partial charge < -0.3 is 10.5 Å². The van der Waals surface area contributed by atoms with E-state index in [0.717, 1.165) is 12.8 Å². The molecule has 2 rings (SSSR count). The number of benzene rings is 1. The highest BCUT2D eigenvalue weighted by molar-refractivity contribution is 5.78. The Morgan fingerprint density at radius 1 is 1.50 bits per heavy atom. The topological polar surface area (TPSA) is 52.3 Å². The van der Waals surface area contributed by atoms with Crippen LogP contribution in [0.3, 0.4) is 0 Å². The average molecular weight is 251 g/mol. The van der Waals surface area contributed by atoms with Gasteiger partial charge in [0.05, 0.1) is 12.5 Å². The molecule has 0 heterocycles. The predicted molar refractivity (Wildman–Crippen MR) is 66.3 cm³/mol. The molecule has 0 bridgehead atoms. The van der Waals surface area contributed by atoms with Crippen LogP contribution in [0.15, 0.2) is 24.3 Å². The lowest BCUT2D eigenvalue weighted by atomic mass is 9.77. The van der Waals surface area contributed by atoms with E-state index in [1.807, 2.05) is 0 Å². The molecule has 1 fully saturated rings. The summed E-state index contributed by atoms with van der Waals surface area (Å²) in [5, 5.41) is 0. The number of ether oxygens (including phenoxy) is 1.